The van der Waals surface area contributed by atoms with E-state index in [1.165, 1.54) is 56.4 Å². The number of nitrogens with zero attached hydrogens (tertiary/aromatic N) is 3. The second-order valence-electron chi connectivity index (χ2n) is 8.98. The van der Waals surface area contributed by atoms with Gasteiger partial charge in [-0.05, 0) is 55.3 Å². The molecule has 5 heterocycles. The van der Waals surface area contributed by atoms with E-state index in [0.717, 1.165) is 0 Å². The van der Waals surface area contributed by atoms with Crippen molar-refractivity contribution in [2.24, 2.45) is 0 Å². The third-order valence-electron chi connectivity index (χ3n) is 7.14. The number of hydrogen-bond donors (Lipinski definition) is 0. The van der Waals surface area contributed by atoms with E-state index in [-0.39, 0.29) is 6.29 Å². The fourth-order valence-corrected chi connectivity index (χ4v) is 5.65. The van der Waals surface area contributed by atoms with Crippen molar-refractivity contribution in [3.8, 4) is 45.3 Å². The van der Waals surface area contributed by atoms with Gasteiger partial charge in [-0.15, -0.1) is 0 Å². The van der Waals surface area contributed by atoms with Gasteiger partial charge in [-0.1, -0.05) is 50.1 Å². The molecule has 0 saturated carbocycles. The Kier molecular flexibility index (Phi) is 3.74. The first-order chi connectivity index (χ1) is 16.2. The molecule has 0 radical (unpaired) electrons. The highest BCUT2D eigenvalue weighted by Gasteiger charge is 2.61. The molecule has 0 fully saturated rings. The lowest BCUT2D eigenvalue weighted by Crippen LogP contribution is -2.65. The molecule has 0 bridgehead atoms. The number of benzene rings is 2. The number of fused-ring (bicyclic) bond motifs is 6. The Balaban J connectivity index is 1.59. The molecule has 0 atom stereocenters. The van der Waals surface area contributed by atoms with Gasteiger partial charge in [0.25, 0.3) is 22.8 Å². The minimum atomic E-state index is 0.0211. The largest absolute Gasteiger partial charge is 0.556 e. The summed E-state index contributed by atoms with van der Waals surface area (Å²) in [6, 6.07) is 37.4. The summed E-state index contributed by atoms with van der Waals surface area (Å²) in [4.78, 5) is 0. The van der Waals surface area contributed by atoms with Gasteiger partial charge in [0.05, 0.1) is 0 Å². The van der Waals surface area contributed by atoms with Gasteiger partial charge < -0.3 is 0 Å². The maximum absolute atomic E-state index is 2.51. The summed E-state index contributed by atoms with van der Waals surface area (Å²) in [6.45, 7) is 4.40. The Morgan fingerprint density at radius 2 is 0.727 bits per heavy atom. The smallest absolute Gasteiger partial charge is 0.0620 e. The van der Waals surface area contributed by atoms with E-state index >= 15 is 0 Å². The lowest BCUT2D eigenvalue weighted by molar-refractivity contribution is -1.07. The van der Waals surface area contributed by atoms with Crippen LogP contribution in [0.2, 0.25) is 0 Å². The van der Waals surface area contributed by atoms with Crippen molar-refractivity contribution in [2.45, 2.75) is 20.1 Å². The zero-order chi connectivity index (χ0) is 22.1. The second-order valence-corrected chi connectivity index (χ2v) is 8.98. The maximum Gasteiger partial charge on any atom is 0.556 e. The van der Waals surface area contributed by atoms with Crippen molar-refractivity contribution in [1.29, 1.82) is 0 Å². The van der Waals surface area contributed by atoms with Crippen molar-refractivity contribution in [3.05, 3.63) is 114 Å². The normalized spacial score (nSPS) is 13.0. The molecular formula is C30H24N3+3. The van der Waals surface area contributed by atoms with E-state index in [9.17, 15) is 0 Å². The lowest BCUT2D eigenvalue weighted by atomic mass is 10.0. The average Bonchev–Trinajstić information content (AvgIpc) is 3.37. The van der Waals surface area contributed by atoms with Crippen LogP contribution < -0.4 is 13.7 Å². The molecule has 0 amide bonds. The highest BCUT2D eigenvalue weighted by molar-refractivity contribution is 5.65. The van der Waals surface area contributed by atoms with Crippen molar-refractivity contribution < 1.29 is 13.7 Å². The van der Waals surface area contributed by atoms with Gasteiger partial charge in [-0.25, -0.2) is 0 Å². The first-order valence-corrected chi connectivity index (χ1v) is 11.5. The van der Waals surface area contributed by atoms with Crippen LogP contribution in [-0.4, -0.2) is 0 Å². The Morgan fingerprint density at radius 3 is 1.12 bits per heavy atom. The molecule has 2 aliphatic heterocycles. The number of pyridine rings is 3. The van der Waals surface area contributed by atoms with Crippen LogP contribution >= 0.6 is 0 Å². The molecule has 3 nitrogen and oxygen atoms in total. The van der Waals surface area contributed by atoms with Crippen LogP contribution in [0.25, 0.3) is 45.3 Å². The monoisotopic (exact) mass is 426 g/mol. The minimum Gasteiger partial charge on any atom is -0.0620 e. The maximum atomic E-state index is 2.51. The predicted octanol–water partition coefficient (Wildman–Crippen LogP) is 5.01. The molecular weight excluding hydrogens is 402 g/mol. The predicted molar refractivity (Wildman–Crippen MR) is 128 cm³/mol. The molecule has 0 saturated heterocycles. The molecule has 5 aromatic rings. The van der Waals surface area contributed by atoms with Crippen molar-refractivity contribution >= 4 is 0 Å². The summed E-state index contributed by atoms with van der Waals surface area (Å²) in [7, 11) is 0. The Labute approximate surface area is 193 Å². The Bertz CT molecular complexity index is 1480. The van der Waals surface area contributed by atoms with Gasteiger partial charge in [0.2, 0.25) is 11.4 Å². The van der Waals surface area contributed by atoms with Gasteiger partial charge in [-0.3, -0.25) is 0 Å². The number of aromatic nitrogens is 3. The summed E-state index contributed by atoms with van der Waals surface area (Å²) in [5.41, 5.74) is 12.6. The van der Waals surface area contributed by atoms with Gasteiger partial charge in [0.1, 0.15) is 0 Å². The van der Waals surface area contributed by atoms with E-state index in [1.807, 2.05) is 0 Å². The fraction of sp³-hybridized carbons (Fsp3) is 0.100. The third kappa shape index (κ3) is 2.42. The van der Waals surface area contributed by atoms with Crippen LogP contribution in [0.1, 0.15) is 17.4 Å². The van der Waals surface area contributed by atoms with Crippen LogP contribution in [-0.2, 0) is 0 Å². The van der Waals surface area contributed by atoms with Crippen LogP contribution in [0.4, 0.5) is 0 Å². The minimum absolute atomic E-state index is 0.0211. The summed E-state index contributed by atoms with van der Waals surface area (Å²) in [5, 5.41) is 0. The average molecular weight is 427 g/mol. The molecule has 0 spiro atoms. The first kappa shape index (κ1) is 18.5. The van der Waals surface area contributed by atoms with Crippen LogP contribution in [0.5, 0.6) is 0 Å². The Hall–Kier alpha value is -4.11. The summed E-state index contributed by atoms with van der Waals surface area (Å²) >= 11 is 0. The molecule has 7 rings (SSSR count). The van der Waals surface area contributed by atoms with Gasteiger partial charge in [0, 0.05) is 47.5 Å². The van der Waals surface area contributed by atoms with E-state index in [1.54, 1.807) is 0 Å². The van der Waals surface area contributed by atoms with Crippen LogP contribution in [0.3, 0.4) is 0 Å². The Morgan fingerprint density at radius 1 is 0.394 bits per heavy atom. The van der Waals surface area contributed by atoms with Crippen LogP contribution in [0, 0.1) is 13.8 Å². The zero-order valence-corrected chi connectivity index (χ0v) is 18.7. The number of rotatable bonds is 2. The highest BCUT2D eigenvalue weighted by atomic mass is 15.4. The molecule has 0 aliphatic carbocycles. The quantitative estimate of drug-likeness (QED) is 0.344. The second kappa shape index (κ2) is 6.69. The van der Waals surface area contributed by atoms with Gasteiger partial charge >= 0.3 is 6.29 Å². The highest BCUT2D eigenvalue weighted by Crippen LogP contribution is 2.34. The van der Waals surface area contributed by atoms with E-state index < -0.39 is 0 Å². The third-order valence-corrected chi connectivity index (χ3v) is 7.14. The SMILES string of the molecule is Cc1ccccc1-c1cccc2[n+]1C1[n+]3c(-c4ccccc4C)cccc3-c3cccc-2[n+]31. The summed E-state index contributed by atoms with van der Waals surface area (Å²) < 4.78 is 7.52. The molecule has 2 aliphatic rings. The molecule has 3 heteroatoms. The molecule has 0 unspecified atom stereocenters. The lowest BCUT2D eigenvalue weighted by Gasteiger charge is -2.08. The van der Waals surface area contributed by atoms with Crippen molar-refractivity contribution in [1.82, 2.24) is 0 Å². The number of hydrogen-bond acceptors (Lipinski definition) is 0. The molecule has 156 valence electrons. The van der Waals surface area contributed by atoms with Gasteiger partial charge in [0.15, 0.2) is 0 Å². The first-order valence-electron chi connectivity index (χ1n) is 11.5. The topological polar surface area (TPSA) is 11.6 Å². The molecule has 33 heavy (non-hydrogen) atoms. The van der Waals surface area contributed by atoms with E-state index in [2.05, 4.69) is 131 Å². The fourth-order valence-electron chi connectivity index (χ4n) is 5.65. The van der Waals surface area contributed by atoms with E-state index in [4.69, 9.17) is 0 Å². The van der Waals surface area contributed by atoms with Crippen LogP contribution in [0.15, 0.2) is 103 Å². The molecule has 0 N–H and O–H groups in total. The molecule has 3 aromatic heterocycles. The van der Waals surface area contributed by atoms with Crippen molar-refractivity contribution in [3.63, 3.8) is 0 Å². The van der Waals surface area contributed by atoms with E-state index in [0.29, 0.717) is 0 Å². The summed E-state index contributed by atoms with van der Waals surface area (Å²) in [5.74, 6) is 0. The number of aryl methyl sites for hydroxylation is 2. The zero-order valence-electron chi connectivity index (χ0n) is 18.7. The van der Waals surface area contributed by atoms with Crippen molar-refractivity contribution in [2.75, 3.05) is 0 Å². The standard InChI is InChI=1S/C30H24N3/c1-20-10-3-5-12-22(20)24-14-7-16-26-28-18-9-19-29-27-17-8-15-25(23-13-6-4-11-21(23)2)32(27)30(31(24)26)33(28)29/h3-19,30H,1-2H3/q+3. The summed E-state index contributed by atoms with van der Waals surface area (Å²) in [6.07, 6.45) is 0.0211. The van der Waals surface area contributed by atoms with Gasteiger partial charge in [-0.2, -0.15) is 0 Å². The molecule has 2 aromatic carbocycles.